The van der Waals surface area contributed by atoms with Crippen LogP contribution >= 0.6 is 0 Å². The van der Waals surface area contributed by atoms with Crippen LogP contribution in [0.15, 0.2) is 29.2 Å². The average molecular weight is 312 g/mol. The van der Waals surface area contributed by atoms with E-state index in [1.165, 1.54) is 0 Å². The minimum Gasteiger partial charge on any atom is -0.313 e. The minimum atomic E-state index is -3.42. The van der Waals surface area contributed by atoms with E-state index in [0.29, 0.717) is 10.8 Å². The van der Waals surface area contributed by atoms with Crippen molar-refractivity contribution < 1.29 is 8.42 Å². The normalized spacial score (nSPS) is 14.9. The molecule has 1 aromatic carbocycles. The van der Waals surface area contributed by atoms with Gasteiger partial charge in [-0.3, -0.25) is 0 Å². The highest BCUT2D eigenvalue weighted by atomic mass is 32.2. The van der Waals surface area contributed by atoms with Gasteiger partial charge in [-0.25, -0.2) is 13.1 Å². The second-order valence-corrected chi connectivity index (χ2v) is 7.41. The van der Waals surface area contributed by atoms with E-state index >= 15 is 0 Å². The average Bonchev–Trinajstić information content (AvgIpc) is 2.44. The Labute approximate surface area is 129 Å². The predicted molar refractivity (Wildman–Crippen MR) is 87.7 cm³/mol. The summed E-state index contributed by atoms with van der Waals surface area (Å²) in [5, 5.41) is 3.22. The Hall–Kier alpha value is -0.910. The van der Waals surface area contributed by atoms with Gasteiger partial charge in [0.2, 0.25) is 10.0 Å². The van der Waals surface area contributed by atoms with Crippen molar-refractivity contribution in [3.8, 4) is 0 Å². The zero-order valence-electron chi connectivity index (χ0n) is 13.5. The summed E-state index contributed by atoms with van der Waals surface area (Å²) in [6.45, 7) is 9.88. The lowest BCUT2D eigenvalue weighted by Crippen LogP contribution is -2.33. The van der Waals surface area contributed by atoms with Crippen molar-refractivity contribution in [2.24, 2.45) is 5.92 Å². The van der Waals surface area contributed by atoms with Gasteiger partial charge < -0.3 is 5.32 Å². The van der Waals surface area contributed by atoms with Crippen molar-refractivity contribution in [2.75, 3.05) is 6.54 Å². The molecule has 0 fully saturated rings. The fourth-order valence-corrected chi connectivity index (χ4v) is 3.46. The Morgan fingerprint density at radius 3 is 2.24 bits per heavy atom. The van der Waals surface area contributed by atoms with Crippen molar-refractivity contribution in [1.82, 2.24) is 10.0 Å². The molecule has 0 spiro atoms. The van der Waals surface area contributed by atoms with Crippen molar-refractivity contribution in [2.45, 2.75) is 58.0 Å². The second-order valence-electron chi connectivity index (χ2n) is 5.70. The van der Waals surface area contributed by atoms with E-state index in [-0.39, 0.29) is 6.04 Å². The molecule has 0 bridgehead atoms. The van der Waals surface area contributed by atoms with Gasteiger partial charge in [-0.15, -0.1) is 0 Å². The summed E-state index contributed by atoms with van der Waals surface area (Å²) in [5.41, 5.74) is 1.09. The van der Waals surface area contributed by atoms with Crippen LogP contribution in [0, 0.1) is 5.92 Å². The largest absolute Gasteiger partial charge is 0.313 e. The molecule has 1 rings (SSSR count). The van der Waals surface area contributed by atoms with Gasteiger partial charge in [0, 0.05) is 12.6 Å². The third-order valence-corrected chi connectivity index (χ3v) is 5.23. The van der Waals surface area contributed by atoms with Gasteiger partial charge in [-0.05, 0) is 43.5 Å². The number of rotatable bonds is 9. The van der Waals surface area contributed by atoms with Crippen LogP contribution in [0.25, 0.3) is 0 Å². The topological polar surface area (TPSA) is 58.2 Å². The fourth-order valence-electron chi connectivity index (χ4n) is 2.21. The van der Waals surface area contributed by atoms with Gasteiger partial charge in [0.25, 0.3) is 0 Å². The molecule has 1 aromatic rings. The summed E-state index contributed by atoms with van der Waals surface area (Å²) in [7, 11) is -3.42. The van der Waals surface area contributed by atoms with Crippen molar-refractivity contribution >= 4 is 10.0 Å². The van der Waals surface area contributed by atoms with Crippen LogP contribution in [-0.4, -0.2) is 21.0 Å². The maximum Gasteiger partial charge on any atom is 0.240 e. The van der Waals surface area contributed by atoms with Gasteiger partial charge >= 0.3 is 0 Å². The Kier molecular flexibility index (Phi) is 7.35. The van der Waals surface area contributed by atoms with Crippen LogP contribution in [0.2, 0.25) is 0 Å². The SMILES string of the molecule is CCNCc1ccc(S(=O)(=O)NC(C)CC(C)CC)cc1. The monoisotopic (exact) mass is 312 g/mol. The maximum absolute atomic E-state index is 12.3. The zero-order chi connectivity index (χ0) is 15.9. The quantitative estimate of drug-likeness (QED) is 0.737. The summed E-state index contributed by atoms with van der Waals surface area (Å²) >= 11 is 0. The van der Waals surface area contributed by atoms with E-state index in [1.807, 2.05) is 26.0 Å². The highest BCUT2D eigenvalue weighted by Gasteiger charge is 2.18. The van der Waals surface area contributed by atoms with Crippen LogP contribution < -0.4 is 10.0 Å². The first-order valence-electron chi connectivity index (χ1n) is 7.71. The standard InChI is InChI=1S/C16H28N2O2S/c1-5-13(3)11-14(4)18-21(19,20)16-9-7-15(8-10-16)12-17-6-2/h7-10,13-14,17-18H,5-6,11-12H2,1-4H3. The lowest BCUT2D eigenvalue weighted by Gasteiger charge is -2.17. The Bertz CT molecular complexity index is 512. The molecule has 0 amide bonds. The van der Waals surface area contributed by atoms with Gasteiger partial charge in [0.1, 0.15) is 0 Å². The first kappa shape index (κ1) is 18.1. The molecule has 0 aliphatic heterocycles. The van der Waals surface area contributed by atoms with E-state index in [0.717, 1.165) is 31.5 Å². The fraction of sp³-hybridized carbons (Fsp3) is 0.625. The van der Waals surface area contributed by atoms with Crippen LogP contribution in [-0.2, 0) is 16.6 Å². The summed E-state index contributed by atoms with van der Waals surface area (Å²) in [5.74, 6) is 0.519. The molecule has 21 heavy (non-hydrogen) atoms. The number of hydrogen-bond donors (Lipinski definition) is 2. The van der Waals surface area contributed by atoms with E-state index in [9.17, 15) is 8.42 Å². The number of nitrogens with one attached hydrogen (secondary N) is 2. The van der Waals surface area contributed by atoms with E-state index in [1.54, 1.807) is 12.1 Å². The van der Waals surface area contributed by atoms with Crippen LogP contribution in [0.1, 0.15) is 46.1 Å². The summed E-state index contributed by atoms with van der Waals surface area (Å²) in [6.07, 6.45) is 1.92. The molecule has 0 saturated heterocycles. The van der Waals surface area contributed by atoms with Gasteiger partial charge in [-0.1, -0.05) is 39.3 Å². The summed E-state index contributed by atoms with van der Waals surface area (Å²) in [4.78, 5) is 0.332. The molecule has 0 saturated carbocycles. The van der Waals surface area contributed by atoms with Crippen LogP contribution in [0.3, 0.4) is 0 Å². The third kappa shape index (κ3) is 6.16. The number of sulfonamides is 1. The molecule has 4 nitrogen and oxygen atoms in total. The van der Waals surface area contributed by atoms with Gasteiger partial charge in [0.05, 0.1) is 4.90 Å². The first-order valence-corrected chi connectivity index (χ1v) is 9.19. The highest BCUT2D eigenvalue weighted by Crippen LogP contribution is 2.14. The highest BCUT2D eigenvalue weighted by molar-refractivity contribution is 7.89. The lowest BCUT2D eigenvalue weighted by molar-refractivity contribution is 0.445. The zero-order valence-corrected chi connectivity index (χ0v) is 14.3. The van der Waals surface area contributed by atoms with E-state index in [2.05, 4.69) is 23.9 Å². The van der Waals surface area contributed by atoms with Crippen molar-refractivity contribution in [3.05, 3.63) is 29.8 Å². The van der Waals surface area contributed by atoms with Crippen molar-refractivity contribution in [1.29, 1.82) is 0 Å². The molecular weight excluding hydrogens is 284 g/mol. The first-order chi connectivity index (χ1) is 9.89. The number of benzene rings is 1. The molecule has 0 radical (unpaired) electrons. The molecule has 5 heteroatoms. The van der Waals surface area contributed by atoms with Gasteiger partial charge in [-0.2, -0.15) is 0 Å². The third-order valence-electron chi connectivity index (χ3n) is 3.62. The van der Waals surface area contributed by atoms with Crippen LogP contribution in [0.5, 0.6) is 0 Å². The molecular formula is C16H28N2O2S. The van der Waals surface area contributed by atoms with Crippen molar-refractivity contribution in [3.63, 3.8) is 0 Å². The lowest BCUT2D eigenvalue weighted by atomic mass is 10.0. The Balaban J connectivity index is 2.69. The molecule has 120 valence electrons. The van der Waals surface area contributed by atoms with Gasteiger partial charge in [0.15, 0.2) is 0 Å². The smallest absolute Gasteiger partial charge is 0.240 e. The minimum absolute atomic E-state index is 0.0496. The van der Waals surface area contributed by atoms with E-state index < -0.39 is 10.0 Å². The molecule has 2 N–H and O–H groups in total. The Morgan fingerprint density at radius 2 is 1.71 bits per heavy atom. The predicted octanol–water partition coefficient (Wildman–Crippen LogP) is 2.90. The molecule has 2 atom stereocenters. The Morgan fingerprint density at radius 1 is 1.10 bits per heavy atom. The summed E-state index contributed by atoms with van der Waals surface area (Å²) < 4.78 is 27.4. The molecule has 0 aliphatic carbocycles. The molecule has 2 unspecified atom stereocenters. The molecule has 0 heterocycles. The molecule has 0 aliphatic rings. The van der Waals surface area contributed by atoms with E-state index in [4.69, 9.17) is 0 Å². The number of hydrogen-bond acceptors (Lipinski definition) is 3. The summed E-state index contributed by atoms with van der Waals surface area (Å²) in [6, 6.07) is 7.01. The maximum atomic E-state index is 12.3. The molecule has 0 aromatic heterocycles. The second kappa shape index (κ2) is 8.51. The van der Waals surface area contributed by atoms with Crippen LogP contribution in [0.4, 0.5) is 0 Å².